The average molecular weight is 344 g/mol. The molecule has 0 saturated heterocycles. The van der Waals surface area contributed by atoms with Gasteiger partial charge in [-0.3, -0.25) is 4.79 Å². The van der Waals surface area contributed by atoms with E-state index in [1.807, 2.05) is 0 Å². The van der Waals surface area contributed by atoms with E-state index in [0.29, 0.717) is 11.3 Å². The summed E-state index contributed by atoms with van der Waals surface area (Å²) in [6, 6.07) is 6.90. The Morgan fingerprint density at radius 2 is 1.80 bits per heavy atom. The number of ketones is 1. The fraction of sp³-hybridized carbons (Fsp3) is 0.222. The number of Topliss-reactive ketones (excluding diaryl/α,β-unsaturated/α-hetero) is 1. The third kappa shape index (κ3) is 2.96. The first kappa shape index (κ1) is 16.6. The number of hydrogen-bond donors (Lipinski definition) is 2. The number of aromatic hydroxyl groups is 2. The Balaban J connectivity index is 1.92. The standard InChI is InChI=1S/C18H16O7/c1-23-14-4-3-12-15(25-18(22)16(12)17(14)24-2)8-13(21)9-5-10(19)7-11(20)6-9/h3-7,15,19-20H,8H2,1-2H3. The highest BCUT2D eigenvalue weighted by atomic mass is 16.6. The van der Waals surface area contributed by atoms with Crippen LogP contribution in [0.25, 0.3) is 0 Å². The lowest BCUT2D eigenvalue weighted by Crippen LogP contribution is -2.07. The molecule has 0 amide bonds. The Bertz CT molecular complexity index is 836. The molecule has 130 valence electrons. The number of methoxy groups -OCH3 is 2. The van der Waals surface area contributed by atoms with Crippen LogP contribution in [0.1, 0.15) is 38.8 Å². The summed E-state index contributed by atoms with van der Waals surface area (Å²) in [5.41, 5.74) is 0.890. The minimum atomic E-state index is -0.778. The van der Waals surface area contributed by atoms with Gasteiger partial charge in [0.05, 0.1) is 20.6 Å². The maximum atomic E-state index is 12.4. The highest BCUT2D eigenvalue weighted by molar-refractivity contribution is 6.01. The van der Waals surface area contributed by atoms with Gasteiger partial charge in [-0.2, -0.15) is 0 Å². The summed E-state index contributed by atoms with van der Waals surface area (Å²) in [4.78, 5) is 24.6. The van der Waals surface area contributed by atoms with Gasteiger partial charge in [0, 0.05) is 17.2 Å². The molecule has 2 aromatic carbocycles. The number of carbonyl (C=O) groups excluding carboxylic acids is 2. The second kappa shape index (κ2) is 6.35. The van der Waals surface area contributed by atoms with Crippen LogP contribution in [0.15, 0.2) is 30.3 Å². The third-order valence-electron chi connectivity index (χ3n) is 3.97. The largest absolute Gasteiger partial charge is 0.508 e. The van der Waals surface area contributed by atoms with Crippen molar-refractivity contribution >= 4 is 11.8 Å². The van der Waals surface area contributed by atoms with E-state index < -0.39 is 12.1 Å². The Kier molecular flexibility index (Phi) is 4.22. The maximum absolute atomic E-state index is 12.4. The lowest BCUT2D eigenvalue weighted by molar-refractivity contribution is 0.0365. The number of phenolic OH excluding ortho intramolecular Hbond substituents is 2. The van der Waals surface area contributed by atoms with Crippen molar-refractivity contribution in [2.75, 3.05) is 14.2 Å². The molecule has 25 heavy (non-hydrogen) atoms. The SMILES string of the molecule is COc1ccc2c(c1OC)C(=O)OC2CC(=O)c1cc(O)cc(O)c1. The topological polar surface area (TPSA) is 102 Å². The molecule has 0 aliphatic carbocycles. The quantitative estimate of drug-likeness (QED) is 0.635. The molecule has 0 radical (unpaired) electrons. The van der Waals surface area contributed by atoms with Crippen LogP contribution in [0.5, 0.6) is 23.0 Å². The van der Waals surface area contributed by atoms with Crippen LogP contribution in [0.4, 0.5) is 0 Å². The number of fused-ring (bicyclic) bond motifs is 1. The number of rotatable bonds is 5. The van der Waals surface area contributed by atoms with Crippen molar-refractivity contribution in [3.63, 3.8) is 0 Å². The van der Waals surface area contributed by atoms with Crippen molar-refractivity contribution in [2.45, 2.75) is 12.5 Å². The van der Waals surface area contributed by atoms with Crippen molar-refractivity contribution in [1.29, 1.82) is 0 Å². The van der Waals surface area contributed by atoms with Gasteiger partial charge in [0.15, 0.2) is 17.3 Å². The highest BCUT2D eigenvalue weighted by Gasteiger charge is 2.37. The Morgan fingerprint density at radius 3 is 2.40 bits per heavy atom. The molecule has 0 aromatic heterocycles. The van der Waals surface area contributed by atoms with E-state index in [9.17, 15) is 19.8 Å². The van der Waals surface area contributed by atoms with E-state index in [1.165, 1.54) is 26.4 Å². The second-order valence-corrected chi connectivity index (χ2v) is 5.52. The minimum Gasteiger partial charge on any atom is -0.508 e. The predicted molar refractivity (Wildman–Crippen MR) is 86.4 cm³/mol. The number of phenols is 2. The van der Waals surface area contributed by atoms with Crippen molar-refractivity contribution < 1.29 is 34.0 Å². The monoisotopic (exact) mass is 344 g/mol. The molecular formula is C18H16O7. The van der Waals surface area contributed by atoms with Crippen LogP contribution in [0.2, 0.25) is 0 Å². The summed E-state index contributed by atoms with van der Waals surface area (Å²) in [6.07, 6.45) is -0.906. The summed E-state index contributed by atoms with van der Waals surface area (Å²) in [5.74, 6) is -0.774. The van der Waals surface area contributed by atoms with Crippen LogP contribution in [0.3, 0.4) is 0 Å². The number of cyclic esters (lactones) is 1. The van der Waals surface area contributed by atoms with E-state index in [4.69, 9.17) is 14.2 Å². The van der Waals surface area contributed by atoms with Gasteiger partial charge in [-0.15, -0.1) is 0 Å². The fourth-order valence-electron chi connectivity index (χ4n) is 2.87. The predicted octanol–water partition coefficient (Wildman–Crippen LogP) is 2.60. The summed E-state index contributed by atoms with van der Waals surface area (Å²) < 4.78 is 15.7. The van der Waals surface area contributed by atoms with Crippen LogP contribution < -0.4 is 9.47 Å². The molecule has 1 heterocycles. The summed E-state index contributed by atoms with van der Waals surface area (Å²) in [6.45, 7) is 0. The molecule has 7 heteroatoms. The first-order valence-electron chi connectivity index (χ1n) is 7.46. The van der Waals surface area contributed by atoms with Gasteiger partial charge >= 0.3 is 5.97 Å². The average Bonchev–Trinajstić information content (AvgIpc) is 2.89. The van der Waals surface area contributed by atoms with E-state index in [-0.39, 0.29) is 40.6 Å². The molecule has 0 saturated carbocycles. The molecule has 0 spiro atoms. The van der Waals surface area contributed by atoms with Gasteiger partial charge in [-0.25, -0.2) is 4.79 Å². The number of esters is 1. The molecule has 1 atom stereocenters. The van der Waals surface area contributed by atoms with Crippen LogP contribution >= 0.6 is 0 Å². The molecule has 1 aliphatic rings. The van der Waals surface area contributed by atoms with Crippen molar-refractivity contribution in [2.24, 2.45) is 0 Å². The molecule has 2 aromatic rings. The molecule has 0 bridgehead atoms. The summed E-state index contributed by atoms with van der Waals surface area (Å²) in [5, 5.41) is 19.0. The van der Waals surface area contributed by atoms with Gasteiger partial charge in [0.25, 0.3) is 0 Å². The first-order valence-corrected chi connectivity index (χ1v) is 7.46. The Hall–Kier alpha value is -3.22. The van der Waals surface area contributed by atoms with E-state index in [1.54, 1.807) is 12.1 Å². The van der Waals surface area contributed by atoms with Gasteiger partial charge in [0.1, 0.15) is 23.2 Å². The molecule has 7 nitrogen and oxygen atoms in total. The maximum Gasteiger partial charge on any atom is 0.343 e. The highest BCUT2D eigenvalue weighted by Crippen LogP contribution is 2.43. The smallest absolute Gasteiger partial charge is 0.343 e. The molecular weight excluding hydrogens is 328 g/mol. The molecule has 1 unspecified atom stereocenters. The van der Waals surface area contributed by atoms with Gasteiger partial charge in [0.2, 0.25) is 0 Å². The third-order valence-corrected chi connectivity index (χ3v) is 3.97. The zero-order valence-electron chi connectivity index (χ0n) is 13.6. The molecule has 2 N–H and O–H groups in total. The van der Waals surface area contributed by atoms with Crippen LogP contribution in [-0.2, 0) is 4.74 Å². The number of benzene rings is 2. The van der Waals surface area contributed by atoms with Crippen LogP contribution in [-0.4, -0.2) is 36.2 Å². The van der Waals surface area contributed by atoms with E-state index in [2.05, 4.69) is 0 Å². The minimum absolute atomic E-state index is 0.127. The number of hydrogen-bond acceptors (Lipinski definition) is 7. The van der Waals surface area contributed by atoms with Gasteiger partial charge < -0.3 is 24.4 Å². The van der Waals surface area contributed by atoms with E-state index in [0.717, 1.165) is 6.07 Å². The molecule has 1 aliphatic heterocycles. The fourth-order valence-corrected chi connectivity index (χ4v) is 2.87. The summed E-state index contributed by atoms with van der Waals surface area (Å²) in [7, 11) is 2.87. The molecule has 0 fully saturated rings. The normalized spacial score (nSPS) is 15.4. The Morgan fingerprint density at radius 1 is 1.12 bits per heavy atom. The van der Waals surface area contributed by atoms with E-state index >= 15 is 0 Å². The van der Waals surface area contributed by atoms with Crippen LogP contribution in [0, 0.1) is 0 Å². The summed E-state index contributed by atoms with van der Waals surface area (Å²) >= 11 is 0. The lowest BCUT2D eigenvalue weighted by atomic mass is 9.97. The first-order chi connectivity index (χ1) is 11.9. The van der Waals surface area contributed by atoms with Crippen molar-refractivity contribution in [3.8, 4) is 23.0 Å². The number of carbonyl (C=O) groups is 2. The zero-order chi connectivity index (χ0) is 18.1. The van der Waals surface area contributed by atoms with Gasteiger partial charge in [-0.1, -0.05) is 6.07 Å². The molecule has 3 rings (SSSR count). The number of ether oxygens (including phenoxy) is 3. The lowest BCUT2D eigenvalue weighted by Gasteiger charge is -2.12. The second-order valence-electron chi connectivity index (χ2n) is 5.52. The zero-order valence-corrected chi connectivity index (χ0v) is 13.6. The Labute approximate surface area is 143 Å². The van der Waals surface area contributed by atoms with Gasteiger partial charge in [-0.05, 0) is 18.2 Å². The van der Waals surface area contributed by atoms with Crippen molar-refractivity contribution in [3.05, 3.63) is 47.0 Å². The van der Waals surface area contributed by atoms with Crippen molar-refractivity contribution in [1.82, 2.24) is 0 Å².